The zero-order valence-corrected chi connectivity index (χ0v) is 24.9. The average Bonchev–Trinajstić information content (AvgIpc) is 3.33. The van der Waals surface area contributed by atoms with Crippen LogP contribution in [0.2, 0.25) is 0 Å². The Kier molecular flexibility index (Phi) is 11.4. The van der Waals surface area contributed by atoms with Gasteiger partial charge < -0.3 is 24.4 Å². The summed E-state index contributed by atoms with van der Waals surface area (Å²) in [6.45, 7) is 2.43. The summed E-state index contributed by atoms with van der Waals surface area (Å²) >= 11 is 1.31. The Bertz CT molecular complexity index is 1460. The van der Waals surface area contributed by atoms with Gasteiger partial charge in [-0.3, -0.25) is 9.59 Å². The summed E-state index contributed by atoms with van der Waals surface area (Å²) in [6, 6.07) is 15.6. The number of ether oxygens (including phenoxy) is 3. The predicted molar refractivity (Wildman–Crippen MR) is 163 cm³/mol. The topological polar surface area (TPSA) is 124 Å². The van der Waals surface area contributed by atoms with E-state index in [4.69, 9.17) is 14.2 Å². The van der Waals surface area contributed by atoms with E-state index in [2.05, 4.69) is 15.6 Å². The Balaban J connectivity index is 1.28. The van der Waals surface area contributed by atoms with Gasteiger partial charge in [0, 0.05) is 48.9 Å². The van der Waals surface area contributed by atoms with Crippen molar-refractivity contribution in [3.63, 3.8) is 0 Å². The molecule has 0 aromatic heterocycles. The number of allylic oxidation sites excluding steroid dienone is 2. The molecule has 2 amide bonds. The van der Waals surface area contributed by atoms with E-state index < -0.39 is 18.2 Å². The fraction of sp³-hybridized carbons (Fsp3) is 0.312. The third-order valence-electron chi connectivity index (χ3n) is 6.64. The minimum absolute atomic E-state index is 0.0602. The van der Waals surface area contributed by atoms with Crippen LogP contribution in [0.4, 0.5) is 4.79 Å². The van der Waals surface area contributed by atoms with E-state index in [9.17, 15) is 19.2 Å². The van der Waals surface area contributed by atoms with Crippen molar-refractivity contribution in [3.8, 4) is 5.75 Å². The Morgan fingerprint density at radius 3 is 2.56 bits per heavy atom. The first-order valence-electron chi connectivity index (χ1n) is 13.8. The van der Waals surface area contributed by atoms with Gasteiger partial charge in [-0.15, -0.1) is 0 Å². The van der Waals surface area contributed by atoms with Crippen molar-refractivity contribution in [2.75, 3.05) is 32.5 Å². The van der Waals surface area contributed by atoms with E-state index in [-0.39, 0.29) is 44.4 Å². The molecule has 0 saturated carbocycles. The molecular weight excluding hydrogens is 570 g/mol. The van der Waals surface area contributed by atoms with Gasteiger partial charge in [0.25, 0.3) is 5.91 Å². The fourth-order valence-corrected chi connectivity index (χ4v) is 4.73. The molecule has 1 heterocycles. The molecule has 11 heteroatoms. The number of Topliss-reactive ketones (excluding diaryl/α,β-unsaturated/α-hetero) is 1. The first-order valence-corrected chi connectivity index (χ1v) is 15.0. The highest BCUT2D eigenvalue weighted by atomic mass is 32.2. The summed E-state index contributed by atoms with van der Waals surface area (Å²) in [5.41, 5.74) is 3.73. The first-order chi connectivity index (χ1) is 20.9. The lowest BCUT2D eigenvalue weighted by molar-refractivity contribution is -0.151. The first kappa shape index (κ1) is 31.3. The van der Waals surface area contributed by atoms with Crippen molar-refractivity contribution in [2.45, 2.75) is 32.5 Å². The molecule has 1 atom stereocenters. The Morgan fingerprint density at radius 1 is 1.07 bits per heavy atom. The molecule has 224 valence electrons. The molecule has 1 unspecified atom stereocenters. The summed E-state index contributed by atoms with van der Waals surface area (Å²) in [7, 11) is 0. The number of ketones is 1. The molecule has 0 fully saturated rings. The van der Waals surface area contributed by atoms with Gasteiger partial charge in [0.05, 0.1) is 13.2 Å². The maximum absolute atomic E-state index is 13.0. The maximum Gasteiger partial charge on any atom is 0.407 e. The van der Waals surface area contributed by atoms with Crippen LogP contribution < -0.4 is 10.1 Å². The molecule has 10 nitrogen and oxygen atoms in total. The number of esters is 1. The molecule has 0 saturated heterocycles. The predicted octanol–water partition coefficient (Wildman–Crippen LogP) is 4.47. The van der Waals surface area contributed by atoms with Crippen molar-refractivity contribution in [1.29, 1.82) is 0 Å². The van der Waals surface area contributed by atoms with Crippen LogP contribution in [0, 0.1) is 0 Å². The van der Waals surface area contributed by atoms with Crippen LogP contribution in [0.1, 0.15) is 35.7 Å². The van der Waals surface area contributed by atoms with Crippen molar-refractivity contribution in [3.05, 3.63) is 94.6 Å². The molecule has 0 radical (unpaired) electrons. The second-order valence-electron chi connectivity index (χ2n) is 9.68. The van der Waals surface area contributed by atoms with E-state index >= 15 is 0 Å². The minimum atomic E-state index is -0.983. The van der Waals surface area contributed by atoms with Crippen LogP contribution >= 0.6 is 11.9 Å². The van der Waals surface area contributed by atoms with Crippen molar-refractivity contribution in [2.24, 2.45) is 4.40 Å². The largest absolute Gasteiger partial charge is 0.479 e. The number of nitrogens with zero attached hydrogens (tertiary/aromatic N) is 2. The van der Waals surface area contributed by atoms with Gasteiger partial charge >= 0.3 is 12.1 Å². The smallest absolute Gasteiger partial charge is 0.407 e. The van der Waals surface area contributed by atoms with Gasteiger partial charge in [-0.05, 0) is 72.3 Å². The lowest BCUT2D eigenvalue weighted by Gasteiger charge is -2.18. The number of rotatable bonds is 13. The van der Waals surface area contributed by atoms with Gasteiger partial charge in [-0.25, -0.2) is 9.59 Å². The summed E-state index contributed by atoms with van der Waals surface area (Å²) in [6.07, 6.45) is 4.56. The molecule has 1 aliphatic carbocycles. The number of amides is 2. The SMILES string of the molecule is CCOC(=O)C(CCNC(=O)OCc1ccccc1)Oc1ccc(C(=O)CN2CC3=C(C=CC(=C=NSC)C3)C2=O)cc1. The molecule has 2 aromatic carbocycles. The third-order valence-corrected chi connectivity index (χ3v) is 6.92. The standard InChI is InChI=1S/C32H33N3O7S/c1-3-40-31(38)29(15-16-33-32(39)41-21-22-7-5-4-6-8-22)42-26-12-10-24(11-13-26)28(36)20-35-19-25-17-23(18-34-43-2)9-14-27(25)30(35)37/h4-14,29H,3,15-17,19-21H2,1-2H3,(H,33,39). The maximum atomic E-state index is 13.0. The Labute approximate surface area is 254 Å². The van der Waals surface area contributed by atoms with Crippen LogP contribution in [-0.2, 0) is 25.7 Å². The highest BCUT2D eigenvalue weighted by molar-refractivity contribution is 7.97. The zero-order chi connectivity index (χ0) is 30.6. The van der Waals surface area contributed by atoms with Crippen molar-refractivity contribution >= 4 is 41.6 Å². The highest BCUT2D eigenvalue weighted by Gasteiger charge is 2.32. The summed E-state index contributed by atoms with van der Waals surface area (Å²) in [5.74, 6) is 2.35. The molecule has 4 rings (SSSR count). The van der Waals surface area contributed by atoms with Gasteiger partial charge in [-0.2, -0.15) is 4.40 Å². The van der Waals surface area contributed by atoms with E-state index in [1.54, 1.807) is 37.3 Å². The Morgan fingerprint density at radius 2 is 1.84 bits per heavy atom. The quantitative estimate of drug-likeness (QED) is 0.154. The van der Waals surface area contributed by atoms with Crippen LogP contribution in [0.3, 0.4) is 0 Å². The van der Waals surface area contributed by atoms with Gasteiger partial charge in [0.2, 0.25) is 0 Å². The normalized spacial score (nSPS) is 14.5. The summed E-state index contributed by atoms with van der Waals surface area (Å²) in [5, 5.41) is 2.61. The van der Waals surface area contributed by atoms with Crippen molar-refractivity contribution < 1.29 is 33.4 Å². The molecule has 2 aromatic rings. The number of benzene rings is 2. The Hall–Kier alpha value is -4.60. The fourth-order valence-electron chi connectivity index (χ4n) is 4.52. The number of hydrogen-bond donors (Lipinski definition) is 1. The minimum Gasteiger partial charge on any atom is -0.479 e. The van der Waals surface area contributed by atoms with E-state index in [0.29, 0.717) is 29.9 Å². The summed E-state index contributed by atoms with van der Waals surface area (Å²) < 4.78 is 20.2. The van der Waals surface area contributed by atoms with Gasteiger partial charge in [0.1, 0.15) is 12.4 Å². The van der Waals surface area contributed by atoms with Crippen LogP contribution in [0.5, 0.6) is 5.75 Å². The molecule has 1 aliphatic heterocycles. The van der Waals surface area contributed by atoms with Gasteiger partial charge in [-0.1, -0.05) is 30.3 Å². The van der Waals surface area contributed by atoms with E-state index in [1.807, 2.05) is 42.7 Å². The number of hydrogen-bond acceptors (Lipinski definition) is 9. The molecule has 1 N–H and O–H groups in total. The van der Waals surface area contributed by atoms with Gasteiger partial charge in [0.15, 0.2) is 11.9 Å². The molecule has 0 spiro atoms. The number of carbonyl (C=O) groups excluding carboxylic acids is 4. The molecule has 43 heavy (non-hydrogen) atoms. The summed E-state index contributed by atoms with van der Waals surface area (Å²) in [4.78, 5) is 52.0. The van der Waals surface area contributed by atoms with E-state index in [1.165, 1.54) is 16.8 Å². The van der Waals surface area contributed by atoms with Crippen LogP contribution in [0.15, 0.2) is 87.9 Å². The zero-order valence-electron chi connectivity index (χ0n) is 24.0. The third kappa shape index (κ3) is 8.94. The molecule has 0 bridgehead atoms. The lowest BCUT2D eigenvalue weighted by atomic mass is 9.97. The second-order valence-corrected chi connectivity index (χ2v) is 10.2. The monoisotopic (exact) mass is 603 g/mol. The highest BCUT2D eigenvalue weighted by Crippen LogP contribution is 2.30. The van der Waals surface area contributed by atoms with Crippen molar-refractivity contribution in [1.82, 2.24) is 10.2 Å². The molecule has 2 aliphatic rings. The van der Waals surface area contributed by atoms with Crippen LogP contribution in [-0.4, -0.2) is 73.1 Å². The van der Waals surface area contributed by atoms with Crippen LogP contribution in [0.25, 0.3) is 0 Å². The van der Waals surface area contributed by atoms with E-state index in [0.717, 1.165) is 16.7 Å². The molecular formula is C32H33N3O7S. The lowest BCUT2D eigenvalue weighted by Crippen LogP contribution is -2.35. The number of nitrogens with one attached hydrogen (secondary N) is 1. The number of alkyl carbamates (subject to hydrolysis) is 1. The average molecular weight is 604 g/mol. The second kappa shape index (κ2) is 15.6. The number of carbonyl (C=O) groups is 4.